The van der Waals surface area contributed by atoms with Crippen LogP contribution in [0, 0.1) is 0 Å². The molecule has 0 saturated carbocycles. The van der Waals surface area contributed by atoms with Crippen LogP contribution in [0.2, 0.25) is 0 Å². The number of hydrogen-bond donors (Lipinski definition) is 3. The normalized spacial score (nSPS) is 18.2. The highest BCUT2D eigenvalue weighted by molar-refractivity contribution is 8.14. The number of fused-ring (bicyclic) bond motifs is 1. The molecule has 262 valence electrons. The van der Waals surface area contributed by atoms with Crippen LogP contribution in [-0.4, -0.2) is 92.1 Å². The Bertz CT molecular complexity index is 1430. The van der Waals surface area contributed by atoms with Gasteiger partial charge in [-0.2, -0.15) is 11.8 Å². The molecular formula is C37H46N3O6PS2. The van der Waals surface area contributed by atoms with E-state index in [2.05, 4.69) is 70.5 Å². The average Bonchev–Trinajstić information content (AvgIpc) is 3.69. The molecule has 49 heavy (non-hydrogen) atoms. The van der Waals surface area contributed by atoms with Crippen LogP contribution in [0.4, 0.5) is 4.79 Å². The molecule has 3 amide bonds. The topological polar surface area (TPSA) is 115 Å². The highest BCUT2D eigenvalue weighted by atomic mass is 32.2. The molecular weight excluding hydrogens is 678 g/mol. The predicted octanol–water partition coefficient (Wildman–Crippen LogP) is 4.21. The molecule has 3 aromatic rings. The Labute approximate surface area is 299 Å². The van der Waals surface area contributed by atoms with Crippen molar-refractivity contribution in [3.63, 3.8) is 0 Å². The van der Waals surface area contributed by atoms with E-state index >= 15 is 0 Å². The van der Waals surface area contributed by atoms with E-state index in [0.717, 1.165) is 35.9 Å². The Morgan fingerprint density at radius 1 is 0.796 bits per heavy atom. The summed E-state index contributed by atoms with van der Waals surface area (Å²) in [6.07, 6.45) is 3.32. The third-order valence-corrected chi connectivity index (χ3v) is 13.1. The lowest BCUT2D eigenvalue weighted by Gasteiger charge is -2.21. The van der Waals surface area contributed by atoms with E-state index < -0.39 is 7.92 Å². The number of nitrogens with one attached hydrogen (secondary N) is 3. The predicted molar refractivity (Wildman–Crippen MR) is 201 cm³/mol. The van der Waals surface area contributed by atoms with E-state index in [1.807, 2.05) is 42.1 Å². The molecule has 2 fully saturated rings. The molecule has 5 rings (SSSR count). The summed E-state index contributed by atoms with van der Waals surface area (Å²) >= 11 is 3.19. The molecule has 9 nitrogen and oxygen atoms in total. The first kappa shape index (κ1) is 37.3. The number of unbranched alkanes of at least 4 members (excludes halogenated alkanes) is 1. The third kappa shape index (κ3) is 11.8. The van der Waals surface area contributed by atoms with Crippen molar-refractivity contribution >= 4 is 64.4 Å². The van der Waals surface area contributed by atoms with Crippen LogP contribution in [0.5, 0.6) is 0 Å². The van der Waals surface area contributed by atoms with Crippen LogP contribution >= 0.6 is 31.4 Å². The number of ether oxygens (including phenoxy) is 3. The maximum absolute atomic E-state index is 13.3. The van der Waals surface area contributed by atoms with Gasteiger partial charge in [-0.05, 0) is 42.7 Å². The second-order valence-corrected chi connectivity index (χ2v) is 16.2. The van der Waals surface area contributed by atoms with Crippen LogP contribution in [0.25, 0.3) is 0 Å². The van der Waals surface area contributed by atoms with Gasteiger partial charge in [0.05, 0.1) is 51.7 Å². The molecule has 2 aliphatic rings. The minimum Gasteiger partial charge on any atom is -0.378 e. The van der Waals surface area contributed by atoms with E-state index in [9.17, 15) is 14.4 Å². The van der Waals surface area contributed by atoms with E-state index in [0.29, 0.717) is 63.6 Å². The van der Waals surface area contributed by atoms with Gasteiger partial charge >= 0.3 is 6.03 Å². The molecule has 2 saturated heterocycles. The number of benzene rings is 3. The van der Waals surface area contributed by atoms with Crippen LogP contribution < -0.4 is 31.9 Å². The van der Waals surface area contributed by atoms with Crippen LogP contribution in [0.1, 0.15) is 36.0 Å². The van der Waals surface area contributed by atoms with Gasteiger partial charge < -0.3 is 30.2 Å². The molecule has 0 aliphatic carbocycles. The minimum absolute atomic E-state index is 0.0401. The van der Waals surface area contributed by atoms with Crippen molar-refractivity contribution in [2.24, 2.45) is 0 Å². The lowest BCUT2D eigenvalue weighted by Crippen LogP contribution is -2.36. The largest absolute Gasteiger partial charge is 0.378 e. The van der Waals surface area contributed by atoms with Gasteiger partial charge in [0.25, 0.3) is 0 Å². The second-order valence-electron chi connectivity index (χ2n) is 11.7. The number of carbonyl (C=O) groups is 3. The first-order chi connectivity index (χ1) is 24.1. The summed E-state index contributed by atoms with van der Waals surface area (Å²) in [5.74, 6) is 1.56. The summed E-state index contributed by atoms with van der Waals surface area (Å²) in [5.41, 5.74) is 0.751. The monoisotopic (exact) mass is 723 g/mol. The van der Waals surface area contributed by atoms with Crippen molar-refractivity contribution in [3.05, 3.63) is 90.5 Å². The second kappa shape index (κ2) is 20.7. The molecule has 0 bridgehead atoms. The Balaban J connectivity index is 0.871. The number of carbonyl (C=O) groups excluding carboxylic acids is 3. The standard InChI is InChI=1S/C37H46N3O6PS2/c41-34(18-10-9-17-33-35-31(27-49-33)39-37(43)40-35)38-19-20-44-21-22-45-23-24-46-25-26-48-36(42)30-15-7-8-16-32(30)47(28-11-3-1-4-12-28)29-13-5-2-6-14-29/h1-8,11-16,31,33,35H,9-10,17-27H2,(H,38,41)(H2,39,40,43)/t31-,33-,35-/m0/s1. The highest BCUT2D eigenvalue weighted by Crippen LogP contribution is 2.35. The quantitative estimate of drug-likeness (QED) is 0.0852. The Morgan fingerprint density at radius 2 is 1.43 bits per heavy atom. The fraction of sp³-hybridized carbons (Fsp3) is 0.432. The number of thioether (sulfide) groups is 2. The molecule has 12 heteroatoms. The maximum Gasteiger partial charge on any atom is 0.315 e. The number of amides is 3. The van der Waals surface area contributed by atoms with Crippen molar-refractivity contribution in [3.8, 4) is 0 Å². The van der Waals surface area contributed by atoms with Gasteiger partial charge in [-0.3, -0.25) is 9.59 Å². The minimum atomic E-state index is -0.867. The molecule has 0 spiro atoms. The van der Waals surface area contributed by atoms with E-state index in [1.54, 1.807) is 0 Å². The smallest absolute Gasteiger partial charge is 0.315 e. The summed E-state index contributed by atoms with van der Waals surface area (Å²) < 4.78 is 16.8. The fourth-order valence-electron chi connectivity index (χ4n) is 5.86. The SMILES string of the molecule is O=C(CCCC[C@@H]1SC[C@@H]2NC(=O)N[C@@H]21)NCCOCCOCCOCCSC(=O)c1ccccc1P(c1ccccc1)c1ccccc1. The molecule has 0 aromatic heterocycles. The molecule has 3 N–H and O–H groups in total. The third-order valence-electron chi connectivity index (χ3n) is 8.25. The van der Waals surface area contributed by atoms with Gasteiger partial charge in [0, 0.05) is 35.3 Å². The van der Waals surface area contributed by atoms with Gasteiger partial charge in [-0.25, -0.2) is 4.79 Å². The Morgan fingerprint density at radius 3 is 2.14 bits per heavy atom. The van der Waals surface area contributed by atoms with E-state index in [4.69, 9.17) is 14.2 Å². The Kier molecular flexibility index (Phi) is 15.8. The van der Waals surface area contributed by atoms with Crippen molar-refractivity contribution in [1.29, 1.82) is 0 Å². The van der Waals surface area contributed by atoms with E-state index in [1.165, 1.54) is 22.4 Å². The molecule has 0 unspecified atom stereocenters. The van der Waals surface area contributed by atoms with Crippen molar-refractivity contribution in [1.82, 2.24) is 16.0 Å². The molecule has 2 heterocycles. The number of urea groups is 1. The zero-order valence-electron chi connectivity index (χ0n) is 27.7. The maximum atomic E-state index is 13.3. The fourth-order valence-corrected chi connectivity index (χ4v) is 10.6. The summed E-state index contributed by atoms with van der Waals surface area (Å²) in [5, 5.41) is 12.8. The summed E-state index contributed by atoms with van der Waals surface area (Å²) in [7, 11) is -0.867. The Hall–Kier alpha value is -2.92. The molecule has 2 aliphatic heterocycles. The van der Waals surface area contributed by atoms with Gasteiger partial charge in [-0.1, -0.05) is 97.0 Å². The average molecular weight is 724 g/mol. The molecule has 0 radical (unpaired) electrons. The molecule has 3 atom stereocenters. The van der Waals surface area contributed by atoms with Crippen LogP contribution in [0.15, 0.2) is 84.9 Å². The lowest BCUT2D eigenvalue weighted by molar-refractivity contribution is -0.121. The van der Waals surface area contributed by atoms with E-state index in [-0.39, 0.29) is 29.1 Å². The summed E-state index contributed by atoms with van der Waals surface area (Å²) in [4.78, 5) is 36.9. The molecule has 3 aromatic carbocycles. The summed E-state index contributed by atoms with van der Waals surface area (Å²) in [6.45, 7) is 3.16. The van der Waals surface area contributed by atoms with Gasteiger partial charge in [-0.15, -0.1) is 0 Å². The lowest BCUT2D eigenvalue weighted by atomic mass is 10.0. The first-order valence-corrected chi connectivity index (χ1v) is 20.3. The van der Waals surface area contributed by atoms with Crippen molar-refractivity contribution in [2.45, 2.75) is 43.0 Å². The van der Waals surface area contributed by atoms with Gasteiger partial charge in [0.1, 0.15) is 0 Å². The van der Waals surface area contributed by atoms with Crippen LogP contribution in [-0.2, 0) is 19.0 Å². The van der Waals surface area contributed by atoms with Gasteiger partial charge in [0.15, 0.2) is 0 Å². The number of hydrogen-bond acceptors (Lipinski definition) is 8. The van der Waals surface area contributed by atoms with Crippen LogP contribution in [0.3, 0.4) is 0 Å². The zero-order chi connectivity index (χ0) is 34.1. The number of rotatable bonds is 21. The highest BCUT2D eigenvalue weighted by Gasteiger charge is 2.42. The van der Waals surface area contributed by atoms with Gasteiger partial charge in [0.2, 0.25) is 11.0 Å². The summed E-state index contributed by atoms with van der Waals surface area (Å²) in [6, 6.07) is 29.2. The first-order valence-electron chi connectivity index (χ1n) is 16.9. The zero-order valence-corrected chi connectivity index (χ0v) is 30.2. The van der Waals surface area contributed by atoms with Crippen molar-refractivity contribution < 1.29 is 28.6 Å². The van der Waals surface area contributed by atoms with Crippen molar-refractivity contribution in [2.75, 3.05) is 57.7 Å².